The van der Waals surface area contributed by atoms with E-state index in [1.165, 1.54) is 11.8 Å². The number of aromatic amines is 1. The van der Waals surface area contributed by atoms with Gasteiger partial charge in [0.1, 0.15) is 5.69 Å². The molecule has 10 heteroatoms. The van der Waals surface area contributed by atoms with Gasteiger partial charge in [-0.15, -0.1) is 0 Å². The fourth-order valence-electron chi connectivity index (χ4n) is 2.54. The molecule has 1 aliphatic rings. The second kappa shape index (κ2) is 9.23. The number of carbonyl (C=O) groups is 1. The first kappa shape index (κ1) is 19.7. The summed E-state index contributed by atoms with van der Waals surface area (Å²) < 4.78 is 5.31. The van der Waals surface area contributed by atoms with E-state index >= 15 is 0 Å². The molecule has 1 fully saturated rings. The number of aromatic nitrogens is 2. The summed E-state index contributed by atoms with van der Waals surface area (Å²) >= 11 is 7.22. The van der Waals surface area contributed by atoms with E-state index in [9.17, 15) is 9.59 Å². The summed E-state index contributed by atoms with van der Waals surface area (Å²) in [5.74, 6) is 0.284. The summed E-state index contributed by atoms with van der Waals surface area (Å²) in [6.45, 7) is 4.17. The molecule has 0 atom stereocenters. The Balaban J connectivity index is 1.61. The summed E-state index contributed by atoms with van der Waals surface area (Å²) in [4.78, 5) is 33.7. The Morgan fingerprint density at radius 3 is 2.70 bits per heavy atom. The highest BCUT2D eigenvalue weighted by atomic mass is 35.5. The summed E-state index contributed by atoms with van der Waals surface area (Å²) in [7, 11) is 0. The van der Waals surface area contributed by atoms with Gasteiger partial charge in [0, 0.05) is 36.0 Å². The van der Waals surface area contributed by atoms with Gasteiger partial charge in [-0.05, 0) is 24.3 Å². The van der Waals surface area contributed by atoms with Gasteiger partial charge in [0.2, 0.25) is 0 Å². The summed E-state index contributed by atoms with van der Waals surface area (Å²) in [5, 5.41) is 3.45. The minimum absolute atomic E-state index is 0.0186. The number of ether oxygens (including phenoxy) is 1. The van der Waals surface area contributed by atoms with Crippen LogP contribution in [0.1, 0.15) is 10.4 Å². The molecule has 1 aliphatic heterocycles. The number of carbonyl (C=O) groups excluding carboxylic acids is 1. The van der Waals surface area contributed by atoms with Crippen LogP contribution in [0.2, 0.25) is 5.02 Å². The Labute approximate surface area is 165 Å². The van der Waals surface area contributed by atoms with Crippen molar-refractivity contribution in [3.05, 3.63) is 45.2 Å². The van der Waals surface area contributed by atoms with Gasteiger partial charge in [0.05, 0.1) is 13.2 Å². The molecule has 0 saturated carbocycles. The van der Waals surface area contributed by atoms with E-state index in [0.29, 0.717) is 15.7 Å². The summed E-state index contributed by atoms with van der Waals surface area (Å²) in [6.07, 6.45) is 0. The van der Waals surface area contributed by atoms with Gasteiger partial charge in [-0.1, -0.05) is 23.4 Å². The van der Waals surface area contributed by atoms with Crippen LogP contribution in [0.4, 0.5) is 11.5 Å². The van der Waals surface area contributed by atoms with E-state index < -0.39 is 11.5 Å². The van der Waals surface area contributed by atoms with Gasteiger partial charge in [0.25, 0.3) is 11.5 Å². The van der Waals surface area contributed by atoms with E-state index in [1.54, 1.807) is 24.3 Å². The Kier molecular flexibility index (Phi) is 6.73. The maximum atomic E-state index is 12.3. The summed E-state index contributed by atoms with van der Waals surface area (Å²) in [5.41, 5.74) is 5.69. The molecule has 144 valence electrons. The first-order valence-corrected chi connectivity index (χ1v) is 9.79. The predicted molar refractivity (Wildman–Crippen MR) is 107 cm³/mol. The highest BCUT2D eigenvalue weighted by Crippen LogP contribution is 2.18. The molecule has 3 rings (SSSR count). The lowest BCUT2D eigenvalue weighted by molar-refractivity contribution is 0.0410. The van der Waals surface area contributed by atoms with Crippen molar-refractivity contribution >= 4 is 40.8 Å². The lowest BCUT2D eigenvalue weighted by Crippen LogP contribution is -2.37. The van der Waals surface area contributed by atoms with Crippen molar-refractivity contribution in [2.45, 2.75) is 5.16 Å². The van der Waals surface area contributed by atoms with Crippen molar-refractivity contribution in [3.8, 4) is 0 Å². The van der Waals surface area contributed by atoms with Crippen molar-refractivity contribution in [1.82, 2.24) is 14.9 Å². The standard InChI is InChI=1S/C17H20ClN5O3S/c18-12-3-1-11(2-4-12)15(24)20-13-14(19)21-17(22-16(13)25)27-10-7-23-5-8-26-9-6-23/h1-4H,5-10H2,(H,20,24)(H3,19,21,22,25). The third-order valence-electron chi connectivity index (χ3n) is 4.02. The second-order valence-electron chi connectivity index (χ2n) is 5.89. The van der Waals surface area contributed by atoms with E-state index in [-0.39, 0.29) is 11.5 Å². The van der Waals surface area contributed by atoms with Gasteiger partial charge < -0.3 is 15.8 Å². The Hall–Kier alpha value is -2.07. The molecule has 1 amide bonds. The number of thioether (sulfide) groups is 1. The number of H-pyrrole nitrogens is 1. The van der Waals surface area contributed by atoms with Crippen LogP contribution < -0.4 is 16.6 Å². The quantitative estimate of drug-likeness (QED) is 0.491. The van der Waals surface area contributed by atoms with Gasteiger partial charge in [-0.2, -0.15) is 0 Å². The highest BCUT2D eigenvalue weighted by molar-refractivity contribution is 7.99. The minimum Gasteiger partial charge on any atom is -0.382 e. The third-order valence-corrected chi connectivity index (χ3v) is 5.13. The molecule has 0 aliphatic carbocycles. The number of hydrogen-bond acceptors (Lipinski definition) is 7. The van der Waals surface area contributed by atoms with Crippen molar-refractivity contribution in [1.29, 1.82) is 0 Å². The number of benzene rings is 1. The maximum Gasteiger partial charge on any atom is 0.277 e. The Morgan fingerprint density at radius 1 is 1.33 bits per heavy atom. The van der Waals surface area contributed by atoms with E-state index in [4.69, 9.17) is 22.1 Å². The van der Waals surface area contributed by atoms with Crippen LogP contribution >= 0.6 is 23.4 Å². The number of halogens is 1. The average molecular weight is 410 g/mol. The van der Waals surface area contributed by atoms with Crippen LogP contribution in [0.5, 0.6) is 0 Å². The molecule has 27 heavy (non-hydrogen) atoms. The van der Waals surface area contributed by atoms with Gasteiger partial charge >= 0.3 is 0 Å². The zero-order chi connectivity index (χ0) is 19.2. The number of nitrogens with one attached hydrogen (secondary N) is 2. The van der Waals surface area contributed by atoms with Crippen molar-refractivity contribution in [3.63, 3.8) is 0 Å². The Bertz CT molecular complexity index is 853. The molecule has 2 heterocycles. The van der Waals surface area contributed by atoms with Crippen LogP contribution in [0.15, 0.2) is 34.2 Å². The number of amides is 1. The Morgan fingerprint density at radius 2 is 2.04 bits per heavy atom. The van der Waals surface area contributed by atoms with Crippen molar-refractivity contribution in [2.24, 2.45) is 0 Å². The van der Waals surface area contributed by atoms with Gasteiger partial charge in [0.15, 0.2) is 11.0 Å². The number of nitrogen functional groups attached to an aromatic ring is 1. The molecular formula is C17H20ClN5O3S. The third kappa shape index (κ3) is 5.46. The highest BCUT2D eigenvalue weighted by Gasteiger charge is 2.15. The number of nitrogens with two attached hydrogens (primary N) is 1. The molecule has 0 radical (unpaired) electrons. The van der Waals surface area contributed by atoms with Crippen LogP contribution in [0.3, 0.4) is 0 Å². The number of nitrogens with zero attached hydrogens (tertiary/aromatic N) is 2. The molecular weight excluding hydrogens is 390 g/mol. The second-order valence-corrected chi connectivity index (χ2v) is 7.41. The fraction of sp³-hybridized carbons (Fsp3) is 0.353. The normalized spacial score (nSPS) is 14.9. The lowest BCUT2D eigenvalue weighted by Gasteiger charge is -2.26. The number of rotatable bonds is 6. The fourth-order valence-corrected chi connectivity index (χ4v) is 3.54. The zero-order valence-corrected chi connectivity index (χ0v) is 16.1. The minimum atomic E-state index is -0.487. The van der Waals surface area contributed by atoms with Gasteiger partial charge in [-0.25, -0.2) is 4.98 Å². The largest absolute Gasteiger partial charge is 0.382 e. The number of morpholine rings is 1. The first-order chi connectivity index (χ1) is 13.0. The van der Waals surface area contributed by atoms with E-state index in [2.05, 4.69) is 20.2 Å². The molecule has 0 unspecified atom stereocenters. The molecule has 1 saturated heterocycles. The molecule has 1 aromatic heterocycles. The van der Waals surface area contributed by atoms with Crippen LogP contribution in [0.25, 0.3) is 0 Å². The van der Waals surface area contributed by atoms with Gasteiger partial charge in [-0.3, -0.25) is 19.5 Å². The van der Waals surface area contributed by atoms with Crippen molar-refractivity contribution in [2.75, 3.05) is 49.7 Å². The smallest absolute Gasteiger partial charge is 0.277 e. The summed E-state index contributed by atoms with van der Waals surface area (Å²) in [6, 6.07) is 6.31. The van der Waals surface area contributed by atoms with Crippen molar-refractivity contribution < 1.29 is 9.53 Å². The molecule has 1 aromatic carbocycles. The van der Waals surface area contributed by atoms with Crippen LogP contribution in [-0.2, 0) is 4.74 Å². The van der Waals surface area contributed by atoms with E-state index in [0.717, 1.165) is 38.6 Å². The number of anilines is 2. The molecule has 0 bridgehead atoms. The molecule has 0 spiro atoms. The van der Waals surface area contributed by atoms with Crippen LogP contribution in [-0.4, -0.2) is 59.4 Å². The zero-order valence-electron chi connectivity index (χ0n) is 14.5. The molecule has 8 nitrogen and oxygen atoms in total. The average Bonchev–Trinajstić information content (AvgIpc) is 2.66. The molecule has 4 N–H and O–H groups in total. The molecule has 2 aromatic rings. The predicted octanol–water partition coefficient (Wildman–Crippen LogP) is 1.68. The monoisotopic (exact) mass is 409 g/mol. The maximum absolute atomic E-state index is 12.3. The van der Waals surface area contributed by atoms with E-state index in [1.807, 2.05) is 0 Å². The number of hydrogen-bond donors (Lipinski definition) is 3. The SMILES string of the molecule is Nc1nc(SCCN2CCOCC2)[nH]c(=O)c1NC(=O)c1ccc(Cl)cc1. The topological polar surface area (TPSA) is 113 Å². The van der Waals surface area contributed by atoms with Crippen LogP contribution in [0, 0.1) is 0 Å². The first-order valence-electron chi connectivity index (χ1n) is 8.42. The lowest BCUT2D eigenvalue weighted by atomic mass is 10.2.